The summed E-state index contributed by atoms with van der Waals surface area (Å²) in [6, 6.07) is 4.81. The van der Waals surface area contributed by atoms with E-state index >= 15 is 0 Å². The van der Waals surface area contributed by atoms with Gasteiger partial charge in [-0.3, -0.25) is 0 Å². The van der Waals surface area contributed by atoms with Gasteiger partial charge in [0.15, 0.2) is 0 Å². The van der Waals surface area contributed by atoms with E-state index in [1.807, 2.05) is 0 Å². The van der Waals surface area contributed by atoms with E-state index in [-0.39, 0.29) is 5.82 Å². The van der Waals surface area contributed by atoms with Crippen molar-refractivity contribution in [3.63, 3.8) is 0 Å². The highest BCUT2D eigenvalue weighted by atomic mass is 19.1. The fraction of sp³-hybridized carbons (Fsp3) is 0.333. The van der Waals surface area contributed by atoms with E-state index in [0.717, 1.165) is 0 Å². The Hall–Kier alpha value is -1.31. The largest absolute Gasteiger partial charge is 0.493 e. The predicted octanol–water partition coefficient (Wildman–Crippen LogP) is 3.50. The Balaban J connectivity index is 2.71. The van der Waals surface area contributed by atoms with Gasteiger partial charge in [-0.05, 0) is 18.1 Å². The van der Waals surface area contributed by atoms with Gasteiger partial charge in [0.1, 0.15) is 11.6 Å². The molecule has 0 fully saturated rings. The van der Waals surface area contributed by atoms with E-state index in [2.05, 4.69) is 20.4 Å². The molecular formula is C12H15FO. The SMILES string of the molecule is C=Cc1ccc(OCC(C)C)cc1F. The monoisotopic (exact) mass is 194 g/mol. The molecule has 0 aliphatic carbocycles. The Bertz CT molecular complexity index is 318. The van der Waals surface area contributed by atoms with Crippen molar-refractivity contribution in [2.24, 2.45) is 5.92 Å². The third kappa shape index (κ3) is 2.87. The number of rotatable bonds is 4. The molecule has 0 aliphatic heterocycles. The van der Waals surface area contributed by atoms with Crippen molar-refractivity contribution in [3.8, 4) is 5.75 Å². The van der Waals surface area contributed by atoms with E-state index in [9.17, 15) is 4.39 Å². The molecule has 0 bridgehead atoms. The standard InChI is InChI=1S/C12H15FO/c1-4-10-5-6-11(7-12(10)13)14-8-9(2)3/h4-7,9H,1,8H2,2-3H3. The van der Waals surface area contributed by atoms with E-state index in [4.69, 9.17) is 4.74 Å². The molecule has 14 heavy (non-hydrogen) atoms. The summed E-state index contributed by atoms with van der Waals surface area (Å²) in [5.41, 5.74) is 0.502. The molecule has 0 aliphatic rings. The molecule has 76 valence electrons. The van der Waals surface area contributed by atoms with E-state index in [1.165, 1.54) is 12.1 Å². The summed E-state index contributed by atoms with van der Waals surface area (Å²) in [5, 5.41) is 0. The van der Waals surface area contributed by atoms with Crippen molar-refractivity contribution in [3.05, 3.63) is 36.2 Å². The first-order valence-corrected chi connectivity index (χ1v) is 4.68. The zero-order chi connectivity index (χ0) is 10.6. The lowest BCUT2D eigenvalue weighted by atomic mass is 10.2. The van der Waals surface area contributed by atoms with Gasteiger partial charge in [-0.2, -0.15) is 0 Å². The smallest absolute Gasteiger partial charge is 0.134 e. The normalized spacial score (nSPS) is 10.3. The van der Waals surface area contributed by atoms with Crippen LogP contribution in [0.2, 0.25) is 0 Å². The zero-order valence-corrected chi connectivity index (χ0v) is 8.59. The van der Waals surface area contributed by atoms with Crippen LogP contribution >= 0.6 is 0 Å². The highest BCUT2D eigenvalue weighted by molar-refractivity contribution is 5.49. The fourth-order valence-electron chi connectivity index (χ4n) is 1.03. The van der Waals surface area contributed by atoms with Crippen molar-refractivity contribution >= 4 is 6.08 Å². The first kappa shape index (κ1) is 10.8. The summed E-state index contributed by atoms with van der Waals surface area (Å²) < 4.78 is 18.6. The summed E-state index contributed by atoms with van der Waals surface area (Å²) in [4.78, 5) is 0. The average Bonchev–Trinajstić information content (AvgIpc) is 2.15. The van der Waals surface area contributed by atoms with Crippen LogP contribution in [-0.2, 0) is 0 Å². The maximum Gasteiger partial charge on any atom is 0.134 e. The average molecular weight is 194 g/mol. The van der Waals surface area contributed by atoms with Crippen LogP contribution in [0.4, 0.5) is 4.39 Å². The van der Waals surface area contributed by atoms with Crippen LogP contribution in [0, 0.1) is 11.7 Å². The molecule has 1 aromatic carbocycles. The molecule has 0 spiro atoms. The van der Waals surface area contributed by atoms with Gasteiger partial charge in [0.25, 0.3) is 0 Å². The lowest BCUT2D eigenvalue weighted by Crippen LogP contribution is -2.04. The van der Waals surface area contributed by atoms with Gasteiger partial charge in [-0.25, -0.2) is 4.39 Å². The molecule has 0 unspecified atom stereocenters. The summed E-state index contributed by atoms with van der Waals surface area (Å²) in [7, 11) is 0. The third-order valence-electron chi connectivity index (χ3n) is 1.78. The van der Waals surface area contributed by atoms with Gasteiger partial charge in [0.2, 0.25) is 0 Å². The van der Waals surface area contributed by atoms with Crippen molar-refractivity contribution < 1.29 is 9.13 Å². The Morgan fingerprint density at radius 3 is 2.71 bits per heavy atom. The number of hydrogen-bond acceptors (Lipinski definition) is 1. The minimum absolute atomic E-state index is 0.291. The molecular weight excluding hydrogens is 179 g/mol. The Kier molecular flexibility index (Phi) is 3.69. The maximum absolute atomic E-state index is 13.2. The molecule has 0 heterocycles. The van der Waals surface area contributed by atoms with Crippen LogP contribution in [-0.4, -0.2) is 6.61 Å². The molecule has 0 saturated heterocycles. The lowest BCUT2D eigenvalue weighted by Gasteiger charge is -2.08. The van der Waals surface area contributed by atoms with Gasteiger partial charge in [0.05, 0.1) is 6.61 Å². The van der Waals surface area contributed by atoms with Gasteiger partial charge in [0, 0.05) is 11.6 Å². The van der Waals surface area contributed by atoms with Crippen LogP contribution in [0.25, 0.3) is 6.08 Å². The first-order valence-electron chi connectivity index (χ1n) is 4.68. The highest BCUT2D eigenvalue weighted by Gasteiger charge is 2.02. The Morgan fingerprint density at radius 2 is 2.21 bits per heavy atom. The molecule has 2 heteroatoms. The van der Waals surface area contributed by atoms with Crippen LogP contribution in [0.3, 0.4) is 0 Å². The molecule has 0 N–H and O–H groups in total. The minimum Gasteiger partial charge on any atom is -0.493 e. The summed E-state index contributed by atoms with van der Waals surface area (Å²) >= 11 is 0. The molecule has 0 amide bonds. The first-order chi connectivity index (χ1) is 6.63. The van der Waals surface area contributed by atoms with Crippen molar-refractivity contribution in [1.82, 2.24) is 0 Å². The second kappa shape index (κ2) is 4.80. The second-order valence-electron chi connectivity index (χ2n) is 3.59. The summed E-state index contributed by atoms with van der Waals surface area (Å²) in [6.07, 6.45) is 1.49. The topological polar surface area (TPSA) is 9.23 Å². The van der Waals surface area contributed by atoms with E-state index in [0.29, 0.717) is 23.8 Å². The van der Waals surface area contributed by atoms with Crippen molar-refractivity contribution in [2.45, 2.75) is 13.8 Å². The number of hydrogen-bond donors (Lipinski definition) is 0. The molecule has 1 nitrogen and oxygen atoms in total. The summed E-state index contributed by atoms with van der Waals surface area (Å²) in [5.74, 6) is 0.722. The molecule has 0 aromatic heterocycles. The lowest BCUT2D eigenvalue weighted by molar-refractivity contribution is 0.270. The molecule has 0 radical (unpaired) electrons. The van der Waals surface area contributed by atoms with Crippen molar-refractivity contribution in [1.29, 1.82) is 0 Å². The Labute approximate surface area is 84.2 Å². The molecule has 0 saturated carbocycles. The van der Waals surface area contributed by atoms with Gasteiger partial charge in [-0.1, -0.05) is 26.5 Å². The molecule has 1 rings (SSSR count). The van der Waals surface area contributed by atoms with Crippen LogP contribution in [0.1, 0.15) is 19.4 Å². The second-order valence-corrected chi connectivity index (χ2v) is 3.59. The zero-order valence-electron chi connectivity index (χ0n) is 8.59. The molecule has 1 aromatic rings. The maximum atomic E-state index is 13.2. The van der Waals surface area contributed by atoms with Gasteiger partial charge >= 0.3 is 0 Å². The van der Waals surface area contributed by atoms with Crippen LogP contribution in [0.5, 0.6) is 5.75 Å². The van der Waals surface area contributed by atoms with Crippen LogP contribution in [0.15, 0.2) is 24.8 Å². The predicted molar refractivity (Wildman–Crippen MR) is 56.8 cm³/mol. The highest BCUT2D eigenvalue weighted by Crippen LogP contribution is 2.17. The minimum atomic E-state index is -0.291. The quantitative estimate of drug-likeness (QED) is 0.712. The summed E-state index contributed by atoms with van der Waals surface area (Å²) in [6.45, 7) is 8.22. The number of benzene rings is 1. The van der Waals surface area contributed by atoms with E-state index in [1.54, 1.807) is 12.1 Å². The third-order valence-corrected chi connectivity index (χ3v) is 1.78. The van der Waals surface area contributed by atoms with E-state index < -0.39 is 0 Å². The van der Waals surface area contributed by atoms with Gasteiger partial charge in [-0.15, -0.1) is 0 Å². The molecule has 0 atom stereocenters. The number of halogens is 1. The Morgan fingerprint density at radius 1 is 1.50 bits per heavy atom. The fourth-order valence-corrected chi connectivity index (χ4v) is 1.03. The van der Waals surface area contributed by atoms with Crippen molar-refractivity contribution in [2.75, 3.05) is 6.61 Å². The van der Waals surface area contributed by atoms with Gasteiger partial charge < -0.3 is 4.74 Å². The number of ether oxygens (including phenoxy) is 1. The van der Waals surface area contributed by atoms with Crippen LogP contribution < -0.4 is 4.74 Å².